The molecule has 0 saturated carbocycles. The van der Waals surface area contributed by atoms with E-state index < -0.39 is 13.9 Å². The Morgan fingerprint density at radius 3 is 1.41 bits per heavy atom. The highest BCUT2D eigenvalue weighted by molar-refractivity contribution is 7.45. The molecule has 0 aromatic rings. The summed E-state index contributed by atoms with van der Waals surface area (Å²) in [4.78, 5) is 21.6. The fourth-order valence-corrected chi connectivity index (χ4v) is 2.67. The van der Waals surface area contributed by atoms with Crippen LogP contribution in [0.2, 0.25) is 0 Å². The lowest BCUT2D eigenvalue weighted by Gasteiger charge is -2.08. The van der Waals surface area contributed by atoms with Crippen molar-refractivity contribution in [2.24, 2.45) is 0 Å². The molecule has 7 nitrogen and oxygen atoms in total. The van der Waals surface area contributed by atoms with Gasteiger partial charge in [-0.3, -0.25) is 0 Å². The minimum atomic E-state index is -4.64. The van der Waals surface area contributed by atoms with Crippen molar-refractivity contribution in [2.75, 3.05) is 19.8 Å². The third-order valence-corrected chi connectivity index (χ3v) is 4.16. The Kier molecular flexibility index (Phi) is 24.1. The van der Waals surface area contributed by atoms with Crippen molar-refractivity contribution in [1.29, 1.82) is 0 Å². The molecule has 1 atom stereocenters. The van der Waals surface area contributed by atoms with Crippen molar-refractivity contribution in [3.63, 3.8) is 0 Å². The summed E-state index contributed by atoms with van der Waals surface area (Å²) in [5.41, 5.74) is 0. The van der Waals surface area contributed by atoms with Gasteiger partial charge in [0.15, 0.2) is 0 Å². The van der Waals surface area contributed by atoms with E-state index in [1.165, 1.54) is 83.5 Å². The molecule has 0 fully saturated rings. The molecule has 0 bridgehead atoms. The monoisotopic (exact) mass is 414 g/mol. The molecule has 5 N–H and O–H groups in total. The van der Waals surface area contributed by atoms with Crippen LogP contribution in [0.25, 0.3) is 0 Å². The summed E-state index contributed by atoms with van der Waals surface area (Å²) < 4.78 is 14.2. The molecule has 8 heteroatoms. The van der Waals surface area contributed by atoms with Gasteiger partial charge < -0.3 is 29.6 Å². The molecular weight excluding hydrogens is 371 g/mol. The van der Waals surface area contributed by atoms with Gasteiger partial charge in [-0.15, -0.1) is 0 Å². The highest BCUT2D eigenvalue weighted by atomic mass is 31.2. The standard InChI is InChI=1S/C19H40O3.H3O4P/c1-2-3-4-5-6-7-8-9-10-11-12-13-14-15-16-22-18-19(21)17-20;1-5(2,3)4/h19-21H,2-18H2,1H3;(H3,1,2,3,4). The van der Waals surface area contributed by atoms with E-state index in [1.807, 2.05) is 0 Å². The maximum absolute atomic E-state index is 9.10. The molecule has 1 unspecified atom stereocenters. The normalized spacial score (nSPS) is 12.5. The van der Waals surface area contributed by atoms with E-state index in [0.717, 1.165) is 6.42 Å². The molecule has 27 heavy (non-hydrogen) atoms. The predicted octanol–water partition coefficient (Wildman–Crippen LogP) is 3.91. The van der Waals surface area contributed by atoms with E-state index in [9.17, 15) is 0 Å². The maximum Gasteiger partial charge on any atom is 0.466 e. The van der Waals surface area contributed by atoms with Crippen LogP contribution in [0.4, 0.5) is 0 Å². The van der Waals surface area contributed by atoms with E-state index in [0.29, 0.717) is 6.61 Å². The third kappa shape index (κ3) is 37.4. The Morgan fingerprint density at radius 2 is 1.07 bits per heavy atom. The average Bonchev–Trinajstić information content (AvgIpc) is 2.59. The maximum atomic E-state index is 9.10. The molecule has 0 aliphatic carbocycles. The van der Waals surface area contributed by atoms with Crippen LogP contribution < -0.4 is 0 Å². The van der Waals surface area contributed by atoms with Gasteiger partial charge in [-0.05, 0) is 6.42 Å². The van der Waals surface area contributed by atoms with Gasteiger partial charge in [0.05, 0.1) is 13.2 Å². The number of hydrogen-bond acceptors (Lipinski definition) is 4. The van der Waals surface area contributed by atoms with Gasteiger partial charge in [-0.25, -0.2) is 4.57 Å². The summed E-state index contributed by atoms with van der Waals surface area (Å²) in [5.74, 6) is 0. The van der Waals surface area contributed by atoms with E-state index in [2.05, 4.69) is 6.92 Å². The number of rotatable bonds is 18. The van der Waals surface area contributed by atoms with Gasteiger partial charge >= 0.3 is 7.82 Å². The van der Waals surface area contributed by atoms with Crippen molar-refractivity contribution in [2.45, 2.75) is 103 Å². The Morgan fingerprint density at radius 1 is 0.741 bits per heavy atom. The highest BCUT2D eigenvalue weighted by Crippen LogP contribution is 2.25. The first kappa shape index (κ1) is 29.2. The Hall–Kier alpha value is -0.0100. The van der Waals surface area contributed by atoms with Gasteiger partial charge in [0, 0.05) is 6.61 Å². The number of unbranched alkanes of at least 4 members (excludes halogenated alkanes) is 13. The summed E-state index contributed by atoms with van der Waals surface area (Å²) in [5, 5.41) is 17.7. The third-order valence-electron chi connectivity index (χ3n) is 4.16. The fraction of sp³-hybridized carbons (Fsp3) is 1.00. The van der Waals surface area contributed by atoms with Crippen molar-refractivity contribution < 1.29 is 34.2 Å². The van der Waals surface area contributed by atoms with Crippen molar-refractivity contribution in [1.82, 2.24) is 0 Å². The predicted molar refractivity (Wildman–Crippen MR) is 108 cm³/mol. The van der Waals surface area contributed by atoms with Crippen LogP contribution >= 0.6 is 7.82 Å². The molecule has 0 heterocycles. The quantitative estimate of drug-likeness (QED) is 0.170. The minimum absolute atomic E-state index is 0.210. The average molecular weight is 415 g/mol. The second-order valence-electron chi connectivity index (χ2n) is 7.02. The Balaban J connectivity index is 0. The number of phosphoric acid groups is 1. The fourth-order valence-electron chi connectivity index (χ4n) is 2.67. The smallest absolute Gasteiger partial charge is 0.394 e. The molecule has 0 radical (unpaired) electrons. The first-order chi connectivity index (χ1) is 12.8. The minimum Gasteiger partial charge on any atom is -0.394 e. The molecule has 0 spiro atoms. The highest BCUT2D eigenvalue weighted by Gasteiger charge is 2.01. The number of aliphatic hydroxyl groups excluding tert-OH is 2. The van der Waals surface area contributed by atoms with Crippen LogP contribution in [0.1, 0.15) is 96.8 Å². The van der Waals surface area contributed by atoms with Gasteiger partial charge in [0.25, 0.3) is 0 Å². The molecule has 0 aliphatic rings. The molecule has 0 aromatic heterocycles. The van der Waals surface area contributed by atoms with Gasteiger partial charge in [0.1, 0.15) is 6.10 Å². The van der Waals surface area contributed by atoms with Crippen LogP contribution in [0.5, 0.6) is 0 Å². The van der Waals surface area contributed by atoms with Crippen LogP contribution in [-0.4, -0.2) is 50.8 Å². The van der Waals surface area contributed by atoms with Gasteiger partial charge in [0.2, 0.25) is 0 Å². The van der Waals surface area contributed by atoms with Gasteiger partial charge in [-0.1, -0.05) is 90.4 Å². The Labute approximate surface area is 165 Å². The summed E-state index contributed by atoms with van der Waals surface area (Å²) in [6.45, 7) is 3.03. The topological polar surface area (TPSA) is 127 Å². The van der Waals surface area contributed by atoms with Crippen LogP contribution in [0, 0.1) is 0 Å². The first-order valence-electron chi connectivity index (χ1n) is 10.5. The number of ether oxygens (including phenoxy) is 1. The van der Waals surface area contributed by atoms with Crippen LogP contribution in [-0.2, 0) is 9.30 Å². The van der Waals surface area contributed by atoms with E-state index in [-0.39, 0.29) is 13.2 Å². The molecule has 166 valence electrons. The van der Waals surface area contributed by atoms with E-state index >= 15 is 0 Å². The van der Waals surface area contributed by atoms with Crippen LogP contribution in [0.3, 0.4) is 0 Å². The van der Waals surface area contributed by atoms with E-state index in [1.54, 1.807) is 0 Å². The molecule has 0 aliphatic heterocycles. The Bertz CT molecular complexity index is 315. The zero-order chi connectivity index (χ0) is 20.8. The van der Waals surface area contributed by atoms with E-state index in [4.69, 9.17) is 34.2 Å². The SMILES string of the molecule is CCCCCCCCCCCCCCCCOCC(O)CO.O=P(O)(O)O. The first-order valence-corrected chi connectivity index (χ1v) is 12.0. The van der Waals surface area contributed by atoms with Crippen molar-refractivity contribution in [3.05, 3.63) is 0 Å². The lowest BCUT2D eigenvalue weighted by atomic mass is 10.0. The van der Waals surface area contributed by atoms with Gasteiger partial charge in [-0.2, -0.15) is 0 Å². The van der Waals surface area contributed by atoms with Crippen molar-refractivity contribution >= 4 is 7.82 Å². The summed E-state index contributed by atoms with van der Waals surface area (Å²) >= 11 is 0. The largest absolute Gasteiger partial charge is 0.466 e. The summed E-state index contributed by atoms with van der Waals surface area (Å²) in [6.07, 6.45) is 18.3. The second kappa shape index (κ2) is 22.3. The lowest BCUT2D eigenvalue weighted by molar-refractivity contribution is 0.00526. The van der Waals surface area contributed by atoms with Crippen LogP contribution in [0.15, 0.2) is 0 Å². The molecule has 0 saturated heterocycles. The zero-order valence-electron chi connectivity index (χ0n) is 17.1. The number of aliphatic hydroxyl groups is 2. The second-order valence-corrected chi connectivity index (χ2v) is 8.05. The molecule has 0 rings (SSSR count). The summed E-state index contributed by atoms with van der Waals surface area (Å²) in [6, 6.07) is 0. The summed E-state index contributed by atoms with van der Waals surface area (Å²) in [7, 11) is -4.64. The number of hydrogen-bond donors (Lipinski definition) is 5. The van der Waals surface area contributed by atoms with Crippen molar-refractivity contribution in [3.8, 4) is 0 Å². The molecular formula is C19H43O7P. The zero-order valence-corrected chi connectivity index (χ0v) is 18.0. The lowest BCUT2D eigenvalue weighted by Crippen LogP contribution is -2.19. The molecule has 0 amide bonds. The molecule has 0 aromatic carbocycles.